The Balaban J connectivity index is 2.20. The van der Waals surface area contributed by atoms with Gasteiger partial charge in [-0.1, -0.05) is 0 Å². The second-order valence-corrected chi connectivity index (χ2v) is 5.57. The molecule has 0 bridgehead atoms. The van der Waals surface area contributed by atoms with Crippen LogP contribution in [0.2, 0.25) is 0 Å². The van der Waals surface area contributed by atoms with Crippen LogP contribution >= 0.6 is 15.9 Å². The molecule has 1 aliphatic heterocycles. The molecule has 0 spiro atoms. The zero-order chi connectivity index (χ0) is 13.1. The topological polar surface area (TPSA) is 44.9 Å². The summed E-state index contributed by atoms with van der Waals surface area (Å²) >= 11 is 3.62. The zero-order valence-corrected chi connectivity index (χ0v) is 12.6. The molecule has 0 saturated carbocycles. The van der Waals surface area contributed by atoms with Crippen molar-refractivity contribution in [2.75, 3.05) is 6.54 Å². The molecule has 0 N–H and O–H groups in total. The van der Waals surface area contributed by atoms with Crippen LogP contribution in [0.4, 0.5) is 0 Å². The average Bonchev–Trinajstić information content (AvgIpc) is 2.67. The molecule has 18 heavy (non-hydrogen) atoms. The Bertz CT molecular complexity index is 460. The highest BCUT2D eigenvalue weighted by molar-refractivity contribution is 9.10. The minimum atomic E-state index is 0.0613. The summed E-state index contributed by atoms with van der Waals surface area (Å²) in [6.07, 6.45) is 3.35. The molecule has 0 radical (unpaired) electrons. The molecule has 2 rings (SSSR count). The second kappa shape index (κ2) is 5.85. The smallest absolute Gasteiger partial charge is 0.0981 e. The molecule has 5 heteroatoms. The summed E-state index contributed by atoms with van der Waals surface area (Å²) in [5.41, 5.74) is 2.22. The number of likely N-dealkylation sites (tertiary alicyclic amines) is 1. The molecule has 1 aromatic heterocycles. The van der Waals surface area contributed by atoms with Crippen LogP contribution < -0.4 is 0 Å². The Morgan fingerprint density at radius 2 is 2.28 bits per heavy atom. The highest BCUT2D eigenvalue weighted by Gasteiger charge is 2.24. The number of hydrogen-bond donors (Lipinski definition) is 0. The third kappa shape index (κ3) is 2.60. The SMILES string of the molecule is CCn1nc(C)c(Br)c1CN1CCCCC1C#N. The third-order valence-electron chi connectivity index (χ3n) is 3.57. The van der Waals surface area contributed by atoms with Crippen LogP contribution in [-0.4, -0.2) is 27.3 Å². The minimum Gasteiger partial charge on any atom is -0.282 e. The van der Waals surface area contributed by atoms with E-state index in [2.05, 4.69) is 38.9 Å². The maximum absolute atomic E-state index is 9.21. The first kappa shape index (κ1) is 13.6. The van der Waals surface area contributed by atoms with Crippen LogP contribution in [-0.2, 0) is 13.1 Å². The number of halogens is 1. The average molecular weight is 311 g/mol. The van der Waals surface area contributed by atoms with Gasteiger partial charge in [-0.05, 0) is 55.6 Å². The van der Waals surface area contributed by atoms with Crippen LogP contribution in [0, 0.1) is 18.3 Å². The molecule has 0 amide bonds. The van der Waals surface area contributed by atoms with Crippen molar-refractivity contribution in [3.63, 3.8) is 0 Å². The highest BCUT2D eigenvalue weighted by atomic mass is 79.9. The van der Waals surface area contributed by atoms with Crippen LogP contribution in [0.25, 0.3) is 0 Å². The lowest BCUT2D eigenvalue weighted by Crippen LogP contribution is -2.38. The summed E-state index contributed by atoms with van der Waals surface area (Å²) in [6, 6.07) is 2.48. The lowest BCUT2D eigenvalue weighted by Gasteiger charge is -2.31. The van der Waals surface area contributed by atoms with E-state index in [-0.39, 0.29) is 6.04 Å². The molecule has 4 nitrogen and oxygen atoms in total. The van der Waals surface area contributed by atoms with Gasteiger partial charge in [0.2, 0.25) is 0 Å². The number of nitrogens with zero attached hydrogens (tertiary/aromatic N) is 4. The Hall–Kier alpha value is -0.860. The predicted octanol–water partition coefficient (Wildman–Crippen LogP) is 2.85. The van der Waals surface area contributed by atoms with Gasteiger partial charge in [0, 0.05) is 13.1 Å². The van der Waals surface area contributed by atoms with E-state index in [9.17, 15) is 5.26 Å². The van der Waals surface area contributed by atoms with E-state index >= 15 is 0 Å². The molecule has 1 atom stereocenters. The standard InChI is InChI=1S/C13H19BrN4/c1-3-18-12(13(14)10(2)16-18)9-17-7-5-4-6-11(17)8-15/h11H,3-7,9H2,1-2H3. The molecule has 1 aliphatic rings. The van der Waals surface area contributed by atoms with Crippen molar-refractivity contribution in [2.45, 2.75) is 52.2 Å². The highest BCUT2D eigenvalue weighted by Crippen LogP contribution is 2.25. The van der Waals surface area contributed by atoms with Crippen molar-refractivity contribution in [2.24, 2.45) is 0 Å². The molecule has 1 fully saturated rings. The number of rotatable bonds is 3. The van der Waals surface area contributed by atoms with E-state index in [1.165, 1.54) is 18.5 Å². The van der Waals surface area contributed by atoms with Crippen molar-refractivity contribution >= 4 is 15.9 Å². The number of hydrogen-bond acceptors (Lipinski definition) is 3. The monoisotopic (exact) mass is 310 g/mol. The van der Waals surface area contributed by atoms with Gasteiger partial charge in [0.1, 0.15) is 0 Å². The molecule has 0 aromatic carbocycles. The van der Waals surface area contributed by atoms with Crippen molar-refractivity contribution < 1.29 is 0 Å². The first-order chi connectivity index (χ1) is 8.67. The molecule has 1 aromatic rings. The van der Waals surface area contributed by atoms with Crippen molar-refractivity contribution in [3.8, 4) is 6.07 Å². The summed E-state index contributed by atoms with van der Waals surface area (Å²) in [4.78, 5) is 2.27. The van der Waals surface area contributed by atoms with Gasteiger partial charge in [-0.3, -0.25) is 9.58 Å². The lowest BCUT2D eigenvalue weighted by molar-refractivity contribution is 0.171. The van der Waals surface area contributed by atoms with Gasteiger partial charge >= 0.3 is 0 Å². The maximum Gasteiger partial charge on any atom is 0.0981 e. The van der Waals surface area contributed by atoms with E-state index < -0.39 is 0 Å². The molecule has 98 valence electrons. The zero-order valence-electron chi connectivity index (χ0n) is 11.0. The van der Waals surface area contributed by atoms with Crippen LogP contribution in [0.5, 0.6) is 0 Å². The molecule has 2 heterocycles. The molecular formula is C13H19BrN4. The second-order valence-electron chi connectivity index (χ2n) is 4.77. The van der Waals surface area contributed by atoms with Crippen LogP contribution in [0.1, 0.15) is 37.6 Å². The Morgan fingerprint density at radius 3 is 2.94 bits per heavy atom. The Morgan fingerprint density at radius 1 is 1.50 bits per heavy atom. The van der Waals surface area contributed by atoms with Crippen molar-refractivity contribution in [1.29, 1.82) is 5.26 Å². The first-order valence-electron chi connectivity index (χ1n) is 6.52. The number of aryl methyl sites for hydroxylation is 2. The fourth-order valence-corrected chi connectivity index (χ4v) is 2.95. The van der Waals surface area contributed by atoms with Crippen LogP contribution in [0.15, 0.2) is 4.47 Å². The van der Waals surface area contributed by atoms with E-state index in [0.29, 0.717) is 0 Å². The van der Waals surface area contributed by atoms with Gasteiger partial charge in [0.05, 0.1) is 28.0 Å². The summed E-state index contributed by atoms with van der Waals surface area (Å²) in [5.74, 6) is 0. The van der Waals surface area contributed by atoms with E-state index in [1.807, 2.05) is 11.6 Å². The molecule has 1 unspecified atom stereocenters. The molecule has 0 aliphatic carbocycles. The summed E-state index contributed by atoms with van der Waals surface area (Å²) in [6.45, 7) is 6.80. The maximum atomic E-state index is 9.21. The van der Waals surface area contributed by atoms with Gasteiger partial charge in [-0.25, -0.2) is 0 Å². The van der Waals surface area contributed by atoms with E-state index in [0.717, 1.165) is 36.2 Å². The normalized spacial score (nSPS) is 20.9. The van der Waals surface area contributed by atoms with Gasteiger partial charge in [0.25, 0.3) is 0 Å². The van der Waals surface area contributed by atoms with E-state index in [4.69, 9.17) is 0 Å². The summed E-state index contributed by atoms with van der Waals surface area (Å²) in [5, 5.41) is 13.7. The largest absolute Gasteiger partial charge is 0.282 e. The third-order valence-corrected chi connectivity index (χ3v) is 4.60. The van der Waals surface area contributed by atoms with Crippen molar-refractivity contribution in [3.05, 3.63) is 15.9 Å². The molecule has 1 saturated heterocycles. The van der Waals surface area contributed by atoms with Crippen molar-refractivity contribution in [1.82, 2.24) is 14.7 Å². The van der Waals surface area contributed by atoms with Gasteiger partial charge in [-0.2, -0.15) is 10.4 Å². The Labute approximate surface area is 117 Å². The number of piperidine rings is 1. The summed E-state index contributed by atoms with van der Waals surface area (Å²) < 4.78 is 3.12. The number of aromatic nitrogens is 2. The van der Waals surface area contributed by atoms with Gasteiger partial charge < -0.3 is 0 Å². The quantitative estimate of drug-likeness (QED) is 0.862. The molecular weight excluding hydrogens is 292 g/mol. The predicted molar refractivity (Wildman–Crippen MR) is 74.0 cm³/mol. The number of nitriles is 1. The summed E-state index contributed by atoms with van der Waals surface area (Å²) in [7, 11) is 0. The van der Waals surface area contributed by atoms with Gasteiger partial charge in [0.15, 0.2) is 0 Å². The fraction of sp³-hybridized carbons (Fsp3) is 0.692. The minimum absolute atomic E-state index is 0.0613. The van der Waals surface area contributed by atoms with E-state index in [1.54, 1.807) is 0 Å². The Kier molecular flexibility index (Phi) is 4.41. The fourth-order valence-electron chi connectivity index (χ4n) is 2.54. The first-order valence-corrected chi connectivity index (χ1v) is 7.32. The van der Waals surface area contributed by atoms with Crippen LogP contribution in [0.3, 0.4) is 0 Å². The van der Waals surface area contributed by atoms with Gasteiger partial charge in [-0.15, -0.1) is 0 Å². The lowest BCUT2D eigenvalue weighted by atomic mass is 10.0.